The van der Waals surface area contributed by atoms with Gasteiger partial charge in [-0.15, -0.1) is 0 Å². The summed E-state index contributed by atoms with van der Waals surface area (Å²) in [5.74, 6) is -3.25. The van der Waals surface area contributed by atoms with Gasteiger partial charge in [0, 0.05) is 23.5 Å². The number of rotatable bonds is 7. The average molecular weight is 319 g/mol. The summed E-state index contributed by atoms with van der Waals surface area (Å²) >= 11 is 0. The van der Waals surface area contributed by atoms with Gasteiger partial charge in [-0.25, -0.2) is 4.79 Å². The Morgan fingerprint density at radius 2 is 1.91 bits per heavy atom. The van der Waals surface area contributed by atoms with Crippen LogP contribution in [0.3, 0.4) is 0 Å². The molecule has 0 spiro atoms. The van der Waals surface area contributed by atoms with Crippen LogP contribution in [0.1, 0.15) is 12.0 Å². The smallest absolute Gasteiger partial charge is 0.326 e. The van der Waals surface area contributed by atoms with Crippen molar-refractivity contribution >= 4 is 28.7 Å². The van der Waals surface area contributed by atoms with Crippen molar-refractivity contribution in [2.24, 2.45) is 5.73 Å². The van der Waals surface area contributed by atoms with E-state index in [1.807, 2.05) is 24.3 Å². The second-order valence-corrected chi connectivity index (χ2v) is 5.17. The Morgan fingerprint density at radius 3 is 2.57 bits per heavy atom. The molecule has 23 heavy (non-hydrogen) atoms. The predicted octanol–water partition coefficient (Wildman–Crippen LogP) is 0.0818. The molecule has 0 saturated heterocycles. The summed E-state index contributed by atoms with van der Waals surface area (Å²) < 4.78 is 0. The van der Waals surface area contributed by atoms with Crippen LogP contribution in [0, 0.1) is 0 Å². The van der Waals surface area contributed by atoms with E-state index in [-0.39, 0.29) is 6.42 Å². The zero-order valence-corrected chi connectivity index (χ0v) is 12.2. The molecule has 0 saturated carbocycles. The molecule has 0 aliphatic heterocycles. The molecule has 0 radical (unpaired) electrons. The van der Waals surface area contributed by atoms with E-state index >= 15 is 0 Å². The third-order valence-corrected chi connectivity index (χ3v) is 3.44. The van der Waals surface area contributed by atoms with Crippen molar-refractivity contribution < 1.29 is 24.6 Å². The summed E-state index contributed by atoms with van der Waals surface area (Å²) in [5, 5.41) is 21.0. The first kappa shape index (κ1) is 16.5. The molecule has 0 fully saturated rings. The number of para-hydroxylation sites is 1. The van der Waals surface area contributed by atoms with E-state index in [2.05, 4.69) is 10.3 Å². The number of amides is 1. The van der Waals surface area contributed by atoms with Crippen molar-refractivity contribution in [2.75, 3.05) is 0 Å². The van der Waals surface area contributed by atoms with Crippen molar-refractivity contribution in [1.82, 2.24) is 10.3 Å². The van der Waals surface area contributed by atoms with Crippen LogP contribution in [0.25, 0.3) is 10.9 Å². The van der Waals surface area contributed by atoms with Crippen molar-refractivity contribution in [3.8, 4) is 0 Å². The molecule has 0 bridgehead atoms. The standard InChI is InChI=1S/C15H17N3O5/c16-10(6-13(19)20)14(21)18-12(15(22)23)5-8-7-17-11-4-2-1-3-9(8)11/h1-4,7,10,12,17H,5-6,16H2,(H,18,21)(H,19,20)(H,22,23)/t10-,12+/m0/s1. The van der Waals surface area contributed by atoms with Crippen LogP contribution >= 0.6 is 0 Å². The Morgan fingerprint density at radius 1 is 1.22 bits per heavy atom. The molecule has 122 valence electrons. The van der Waals surface area contributed by atoms with Gasteiger partial charge in [-0.3, -0.25) is 9.59 Å². The Hall–Kier alpha value is -2.87. The molecule has 0 unspecified atom stereocenters. The first-order valence-electron chi connectivity index (χ1n) is 6.94. The highest BCUT2D eigenvalue weighted by atomic mass is 16.4. The fraction of sp³-hybridized carbons (Fsp3) is 0.267. The van der Waals surface area contributed by atoms with Gasteiger partial charge in [0.2, 0.25) is 5.91 Å². The second-order valence-electron chi connectivity index (χ2n) is 5.17. The molecule has 0 aliphatic carbocycles. The number of carboxylic acid groups (broad SMARTS) is 2. The van der Waals surface area contributed by atoms with Crippen molar-refractivity contribution in [2.45, 2.75) is 24.9 Å². The first-order chi connectivity index (χ1) is 10.9. The molecule has 8 nitrogen and oxygen atoms in total. The summed E-state index contributed by atoms with van der Waals surface area (Å²) in [7, 11) is 0. The maximum Gasteiger partial charge on any atom is 0.326 e. The van der Waals surface area contributed by atoms with Crippen molar-refractivity contribution in [3.63, 3.8) is 0 Å². The van der Waals surface area contributed by atoms with E-state index < -0.39 is 36.4 Å². The number of aliphatic carboxylic acids is 2. The predicted molar refractivity (Wildman–Crippen MR) is 81.8 cm³/mol. The number of aromatic amines is 1. The van der Waals surface area contributed by atoms with Gasteiger partial charge >= 0.3 is 11.9 Å². The maximum absolute atomic E-state index is 11.8. The first-order valence-corrected chi connectivity index (χ1v) is 6.94. The number of aromatic nitrogens is 1. The number of carboxylic acids is 2. The number of nitrogens with two attached hydrogens (primary N) is 1. The van der Waals surface area contributed by atoms with E-state index in [0.29, 0.717) is 0 Å². The van der Waals surface area contributed by atoms with E-state index in [1.54, 1.807) is 6.20 Å². The minimum atomic E-state index is -1.29. The van der Waals surface area contributed by atoms with Crippen LogP contribution in [0.4, 0.5) is 0 Å². The zero-order valence-electron chi connectivity index (χ0n) is 12.2. The highest BCUT2D eigenvalue weighted by molar-refractivity contribution is 5.90. The molecule has 8 heteroatoms. The highest BCUT2D eigenvalue weighted by Gasteiger charge is 2.25. The zero-order chi connectivity index (χ0) is 17.0. The molecular weight excluding hydrogens is 302 g/mol. The van der Waals surface area contributed by atoms with Crippen LogP contribution in [-0.4, -0.2) is 45.1 Å². The molecule has 2 rings (SSSR count). The van der Waals surface area contributed by atoms with Gasteiger partial charge in [-0.1, -0.05) is 18.2 Å². The summed E-state index contributed by atoms with van der Waals surface area (Å²) in [6.45, 7) is 0. The van der Waals surface area contributed by atoms with E-state index in [4.69, 9.17) is 10.8 Å². The molecule has 1 heterocycles. The lowest BCUT2D eigenvalue weighted by Gasteiger charge is -2.16. The Labute approximate surface area is 131 Å². The average Bonchev–Trinajstić information content (AvgIpc) is 2.89. The summed E-state index contributed by atoms with van der Waals surface area (Å²) in [6.07, 6.45) is 1.18. The van der Waals surface area contributed by atoms with E-state index in [1.165, 1.54) is 0 Å². The lowest BCUT2D eigenvalue weighted by atomic mass is 10.0. The summed E-state index contributed by atoms with van der Waals surface area (Å²) in [4.78, 5) is 36.8. The number of carbonyl (C=O) groups is 3. The molecule has 0 aliphatic rings. The van der Waals surface area contributed by atoms with Gasteiger partial charge in [0.05, 0.1) is 12.5 Å². The minimum absolute atomic E-state index is 0.0604. The van der Waals surface area contributed by atoms with Gasteiger partial charge in [-0.2, -0.15) is 0 Å². The van der Waals surface area contributed by atoms with E-state index in [0.717, 1.165) is 16.5 Å². The molecule has 1 aromatic heterocycles. The summed E-state index contributed by atoms with van der Waals surface area (Å²) in [5.41, 5.74) is 7.04. The number of hydrogen-bond donors (Lipinski definition) is 5. The monoisotopic (exact) mass is 319 g/mol. The maximum atomic E-state index is 11.8. The number of hydrogen-bond acceptors (Lipinski definition) is 4. The lowest BCUT2D eigenvalue weighted by molar-refractivity contribution is -0.142. The number of H-pyrrole nitrogens is 1. The molecule has 2 atom stereocenters. The largest absolute Gasteiger partial charge is 0.481 e. The van der Waals surface area contributed by atoms with Crippen molar-refractivity contribution in [1.29, 1.82) is 0 Å². The SMILES string of the molecule is N[C@@H](CC(=O)O)C(=O)N[C@H](Cc1c[nH]c2ccccc12)C(=O)O. The fourth-order valence-electron chi connectivity index (χ4n) is 2.28. The Balaban J connectivity index is 2.11. The topological polar surface area (TPSA) is 146 Å². The number of benzene rings is 1. The Kier molecular flexibility index (Phi) is 4.97. The quantitative estimate of drug-likeness (QED) is 0.488. The van der Waals surface area contributed by atoms with Gasteiger partial charge in [0.15, 0.2) is 0 Å². The van der Waals surface area contributed by atoms with Crippen LogP contribution in [-0.2, 0) is 20.8 Å². The van der Waals surface area contributed by atoms with Crippen LogP contribution in [0.15, 0.2) is 30.5 Å². The third kappa shape index (κ3) is 4.07. The van der Waals surface area contributed by atoms with Crippen LogP contribution in [0.5, 0.6) is 0 Å². The molecule has 2 aromatic rings. The minimum Gasteiger partial charge on any atom is -0.481 e. The molecule has 6 N–H and O–H groups in total. The van der Waals surface area contributed by atoms with E-state index in [9.17, 15) is 19.5 Å². The van der Waals surface area contributed by atoms with Gasteiger partial charge in [0.25, 0.3) is 0 Å². The molecular formula is C15H17N3O5. The lowest BCUT2D eigenvalue weighted by Crippen LogP contribution is -2.49. The van der Waals surface area contributed by atoms with Crippen LogP contribution < -0.4 is 11.1 Å². The summed E-state index contributed by atoms with van der Waals surface area (Å²) in [6, 6.07) is 4.90. The number of carbonyl (C=O) groups excluding carboxylic acids is 1. The van der Waals surface area contributed by atoms with Gasteiger partial charge < -0.3 is 26.2 Å². The molecule has 1 amide bonds. The van der Waals surface area contributed by atoms with Gasteiger partial charge in [0.1, 0.15) is 6.04 Å². The number of nitrogens with one attached hydrogen (secondary N) is 2. The highest BCUT2D eigenvalue weighted by Crippen LogP contribution is 2.19. The second kappa shape index (κ2) is 6.93. The van der Waals surface area contributed by atoms with Gasteiger partial charge in [-0.05, 0) is 11.6 Å². The third-order valence-electron chi connectivity index (χ3n) is 3.44. The Bertz CT molecular complexity index is 740. The fourth-order valence-corrected chi connectivity index (χ4v) is 2.28. The molecule has 1 aromatic carbocycles. The van der Waals surface area contributed by atoms with Crippen LogP contribution in [0.2, 0.25) is 0 Å². The van der Waals surface area contributed by atoms with Crippen molar-refractivity contribution in [3.05, 3.63) is 36.0 Å². The number of fused-ring (bicyclic) bond motifs is 1. The normalized spacial score (nSPS) is 13.4.